The summed E-state index contributed by atoms with van der Waals surface area (Å²) in [5.41, 5.74) is 20.6. The standard InChI is InChI=1S/C79H57N5/c1-7-24-60(25-8-1)80(61-26-9-2-10-27-61)68-50-54-70(55-51-68)82(64-32-15-5-16-33-64)66-46-42-58(43-47-66)79(74-38-20-22-41-77(74)84-76-40-21-19-36-72(76)73-37-23-39-75(79)78(73)84)59-44-48-67(49-45-59)83(65-34-17-6-18-35-65)71-56-52-69(53-57-71)81(62-28-11-3-12-29-62)63-30-13-4-14-31-63/h1-57H. The zero-order valence-corrected chi connectivity index (χ0v) is 46.1. The molecule has 0 spiro atoms. The van der Waals surface area contributed by atoms with Gasteiger partial charge in [-0.25, -0.2) is 0 Å². The summed E-state index contributed by atoms with van der Waals surface area (Å²) < 4.78 is 2.51. The number of rotatable bonds is 14. The molecule has 1 aromatic heterocycles. The highest BCUT2D eigenvalue weighted by Gasteiger charge is 2.45. The second kappa shape index (κ2) is 21.4. The van der Waals surface area contributed by atoms with E-state index in [1.165, 1.54) is 49.7 Å². The monoisotopic (exact) mass is 1080 g/mol. The number of nitrogens with zero attached hydrogens (tertiary/aromatic N) is 5. The van der Waals surface area contributed by atoms with Gasteiger partial charge in [0, 0.05) is 79.0 Å². The Bertz CT molecular complexity index is 4260. The smallest absolute Gasteiger partial charge is 0.0742 e. The Morgan fingerprint density at radius 3 is 0.821 bits per heavy atom. The Morgan fingerprint density at radius 1 is 0.202 bits per heavy atom. The molecule has 398 valence electrons. The second-order valence-electron chi connectivity index (χ2n) is 21.3. The van der Waals surface area contributed by atoms with Crippen molar-refractivity contribution in [1.29, 1.82) is 0 Å². The van der Waals surface area contributed by atoms with Gasteiger partial charge < -0.3 is 24.2 Å². The van der Waals surface area contributed by atoms with E-state index in [1.807, 2.05) is 0 Å². The molecule has 0 bridgehead atoms. The lowest BCUT2D eigenvalue weighted by atomic mass is 9.63. The van der Waals surface area contributed by atoms with E-state index in [2.05, 4.69) is 370 Å². The summed E-state index contributed by atoms with van der Waals surface area (Å²) in [6.07, 6.45) is 0. The van der Waals surface area contributed by atoms with Crippen molar-refractivity contribution in [2.75, 3.05) is 19.6 Å². The number of hydrogen-bond donors (Lipinski definition) is 0. The molecule has 0 saturated heterocycles. The molecule has 5 heteroatoms. The van der Waals surface area contributed by atoms with Crippen molar-refractivity contribution >= 4 is 90.1 Å². The van der Waals surface area contributed by atoms with Crippen molar-refractivity contribution in [1.82, 2.24) is 4.57 Å². The predicted molar refractivity (Wildman–Crippen MR) is 351 cm³/mol. The lowest BCUT2D eigenvalue weighted by molar-refractivity contribution is 0.728. The quantitative estimate of drug-likeness (QED) is 0.108. The maximum absolute atomic E-state index is 2.51. The maximum atomic E-state index is 2.51. The van der Waals surface area contributed by atoms with Gasteiger partial charge in [-0.05, 0) is 180 Å². The molecule has 2 heterocycles. The van der Waals surface area contributed by atoms with Crippen LogP contribution in [0.15, 0.2) is 346 Å². The van der Waals surface area contributed by atoms with Crippen LogP contribution in [0.2, 0.25) is 0 Å². The number of anilines is 12. The molecule has 5 nitrogen and oxygen atoms in total. The van der Waals surface area contributed by atoms with E-state index in [-0.39, 0.29) is 0 Å². The molecule has 0 N–H and O–H groups in total. The summed E-state index contributed by atoms with van der Waals surface area (Å²) in [6, 6.07) is 125. The molecule has 1 aliphatic rings. The van der Waals surface area contributed by atoms with Gasteiger partial charge in [-0.1, -0.05) is 188 Å². The molecular weight excluding hydrogens is 1020 g/mol. The summed E-state index contributed by atoms with van der Waals surface area (Å²) in [4.78, 5) is 9.34. The molecule has 0 fully saturated rings. The van der Waals surface area contributed by atoms with Crippen molar-refractivity contribution in [3.63, 3.8) is 0 Å². The SMILES string of the molecule is c1ccc(N(c2ccccc2)c2ccc(N(c3ccccc3)c3ccc(C4(c5ccc(N(c6ccccc6)c6ccc(N(c7ccccc7)c7ccccc7)cc6)cc5)c5ccccc5-n5c6ccccc6c6cccc4c65)cc3)cc2)cc1. The van der Waals surface area contributed by atoms with E-state index >= 15 is 0 Å². The highest BCUT2D eigenvalue weighted by Crippen LogP contribution is 2.55. The Labute approximate surface area is 490 Å². The molecule has 1 aliphatic heterocycles. The minimum atomic E-state index is -0.730. The summed E-state index contributed by atoms with van der Waals surface area (Å²) in [5.74, 6) is 0. The number of fused-ring (bicyclic) bond motifs is 5. The van der Waals surface area contributed by atoms with Crippen LogP contribution in [0.1, 0.15) is 22.3 Å². The van der Waals surface area contributed by atoms with Gasteiger partial charge >= 0.3 is 0 Å². The van der Waals surface area contributed by atoms with E-state index in [4.69, 9.17) is 0 Å². The number of hydrogen-bond acceptors (Lipinski definition) is 4. The van der Waals surface area contributed by atoms with Gasteiger partial charge in [0.15, 0.2) is 0 Å². The van der Waals surface area contributed by atoms with Gasteiger partial charge in [0.25, 0.3) is 0 Å². The van der Waals surface area contributed by atoms with E-state index in [1.54, 1.807) is 0 Å². The fraction of sp³-hybridized carbons (Fsp3) is 0.0127. The lowest BCUT2D eigenvalue weighted by Crippen LogP contribution is -2.35. The van der Waals surface area contributed by atoms with E-state index in [9.17, 15) is 0 Å². The first kappa shape index (κ1) is 49.9. The number of para-hydroxylation sites is 9. The summed E-state index contributed by atoms with van der Waals surface area (Å²) in [7, 11) is 0. The van der Waals surface area contributed by atoms with Crippen molar-refractivity contribution in [3.05, 3.63) is 368 Å². The minimum Gasteiger partial charge on any atom is -0.311 e. The Morgan fingerprint density at radius 2 is 0.464 bits per heavy atom. The average Bonchev–Trinajstić information content (AvgIpc) is 1.44. The highest BCUT2D eigenvalue weighted by molar-refractivity contribution is 6.12. The van der Waals surface area contributed by atoms with Gasteiger partial charge in [0.2, 0.25) is 0 Å². The van der Waals surface area contributed by atoms with Crippen molar-refractivity contribution in [2.45, 2.75) is 5.41 Å². The van der Waals surface area contributed by atoms with Crippen LogP contribution in [-0.4, -0.2) is 4.57 Å². The van der Waals surface area contributed by atoms with Crippen LogP contribution in [0.4, 0.5) is 68.2 Å². The number of aromatic nitrogens is 1. The summed E-state index contributed by atoms with van der Waals surface area (Å²) >= 11 is 0. The molecule has 15 rings (SSSR count). The van der Waals surface area contributed by atoms with Crippen LogP contribution in [0.3, 0.4) is 0 Å². The topological polar surface area (TPSA) is 17.9 Å². The predicted octanol–water partition coefficient (Wildman–Crippen LogP) is 21.4. The van der Waals surface area contributed by atoms with Crippen LogP contribution >= 0.6 is 0 Å². The highest BCUT2D eigenvalue weighted by atomic mass is 15.2. The number of benzene rings is 13. The molecular formula is C79H57N5. The first-order chi connectivity index (χ1) is 41.7. The maximum Gasteiger partial charge on any atom is 0.0742 e. The molecule has 84 heavy (non-hydrogen) atoms. The Balaban J connectivity index is 0.873. The molecule has 0 aliphatic carbocycles. The van der Waals surface area contributed by atoms with Gasteiger partial charge in [0.05, 0.1) is 22.1 Å². The van der Waals surface area contributed by atoms with Crippen LogP contribution in [0.25, 0.3) is 27.5 Å². The fourth-order valence-electron chi connectivity index (χ4n) is 13.0. The zero-order chi connectivity index (χ0) is 55.8. The lowest BCUT2D eigenvalue weighted by Gasteiger charge is -2.42. The summed E-state index contributed by atoms with van der Waals surface area (Å²) in [5, 5.41) is 2.48. The fourth-order valence-corrected chi connectivity index (χ4v) is 13.0. The molecule has 0 unspecified atom stereocenters. The third-order valence-electron chi connectivity index (χ3n) is 16.6. The Kier molecular flexibility index (Phi) is 12.7. The third-order valence-corrected chi connectivity index (χ3v) is 16.6. The van der Waals surface area contributed by atoms with Crippen molar-refractivity contribution in [3.8, 4) is 5.69 Å². The normalized spacial score (nSPS) is 12.1. The molecule has 0 atom stereocenters. The Hall–Kier alpha value is -11.1. The van der Waals surface area contributed by atoms with Crippen LogP contribution < -0.4 is 19.6 Å². The average molecular weight is 1080 g/mol. The first-order valence-electron chi connectivity index (χ1n) is 28.8. The summed E-state index contributed by atoms with van der Waals surface area (Å²) in [6.45, 7) is 0. The third kappa shape index (κ3) is 8.57. The minimum absolute atomic E-state index is 0.730. The van der Waals surface area contributed by atoms with Crippen LogP contribution in [0.5, 0.6) is 0 Å². The second-order valence-corrected chi connectivity index (χ2v) is 21.3. The van der Waals surface area contributed by atoms with E-state index in [0.717, 1.165) is 68.2 Å². The zero-order valence-electron chi connectivity index (χ0n) is 46.1. The van der Waals surface area contributed by atoms with Gasteiger partial charge in [-0.2, -0.15) is 0 Å². The molecule has 13 aromatic carbocycles. The van der Waals surface area contributed by atoms with Gasteiger partial charge in [0.1, 0.15) is 0 Å². The van der Waals surface area contributed by atoms with Crippen molar-refractivity contribution < 1.29 is 0 Å². The molecule has 0 saturated carbocycles. The van der Waals surface area contributed by atoms with Gasteiger partial charge in [-0.15, -0.1) is 0 Å². The molecule has 0 amide bonds. The van der Waals surface area contributed by atoms with Gasteiger partial charge in [-0.3, -0.25) is 0 Å². The molecule has 14 aromatic rings. The van der Waals surface area contributed by atoms with Crippen molar-refractivity contribution in [2.24, 2.45) is 0 Å². The van der Waals surface area contributed by atoms with Crippen LogP contribution in [-0.2, 0) is 5.41 Å². The largest absolute Gasteiger partial charge is 0.311 e. The molecule has 0 radical (unpaired) electrons. The van der Waals surface area contributed by atoms with Crippen LogP contribution in [0, 0.1) is 0 Å². The van der Waals surface area contributed by atoms with E-state index in [0.29, 0.717) is 0 Å². The van der Waals surface area contributed by atoms with E-state index < -0.39 is 5.41 Å². The first-order valence-corrected chi connectivity index (χ1v) is 28.8.